The second-order valence-corrected chi connectivity index (χ2v) is 7.11. The minimum absolute atomic E-state index is 0.00148. The molecule has 2 amide bonds. The van der Waals surface area contributed by atoms with Gasteiger partial charge in [0.2, 0.25) is 5.91 Å². The van der Waals surface area contributed by atoms with Gasteiger partial charge in [-0.15, -0.1) is 0 Å². The summed E-state index contributed by atoms with van der Waals surface area (Å²) in [6, 6.07) is -1.50. The molecular formula is C13H19NO9S. The second-order valence-electron chi connectivity index (χ2n) is 5.51. The Hall–Kier alpha value is -2.01. The summed E-state index contributed by atoms with van der Waals surface area (Å²) in [6.07, 6.45) is 0.965. The fraction of sp³-hybridized carbons (Fsp3) is 0.692. The third-order valence-corrected chi connectivity index (χ3v) is 4.80. The molecule has 2 unspecified atom stereocenters. The van der Waals surface area contributed by atoms with E-state index in [9.17, 15) is 32.7 Å². The lowest BCUT2D eigenvalue weighted by Crippen LogP contribution is -2.46. The van der Waals surface area contributed by atoms with E-state index in [1.54, 1.807) is 0 Å². The predicted octanol–water partition coefficient (Wildman–Crippen LogP) is -0.120. The zero-order chi connectivity index (χ0) is 18.5. The van der Waals surface area contributed by atoms with Crippen molar-refractivity contribution in [3.63, 3.8) is 0 Å². The summed E-state index contributed by atoms with van der Waals surface area (Å²) < 4.78 is 31.1. The van der Waals surface area contributed by atoms with Crippen LogP contribution in [0.4, 0.5) is 0 Å². The average molecular weight is 365 g/mol. The highest BCUT2D eigenvalue weighted by Gasteiger charge is 2.49. The third kappa shape index (κ3) is 5.27. The quantitative estimate of drug-likeness (QED) is 0.271. The maximum Gasteiger partial charge on any atom is 0.326 e. The second kappa shape index (κ2) is 8.20. The van der Waals surface area contributed by atoms with E-state index in [0.29, 0.717) is 30.6 Å². The Morgan fingerprint density at radius 1 is 1.12 bits per heavy atom. The Morgan fingerprint density at radius 2 is 1.71 bits per heavy atom. The van der Waals surface area contributed by atoms with Crippen molar-refractivity contribution in [2.45, 2.75) is 56.2 Å². The molecule has 0 aromatic carbocycles. The fourth-order valence-corrected chi connectivity index (χ4v) is 3.23. The Bertz CT molecular complexity index is 627. The van der Waals surface area contributed by atoms with E-state index in [1.165, 1.54) is 0 Å². The first-order chi connectivity index (χ1) is 11.1. The smallest absolute Gasteiger partial charge is 0.326 e. The van der Waals surface area contributed by atoms with E-state index in [-0.39, 0.29) is 12.8 Å². The zero-order valence-electron chi connectivity index (χ0n) is 12.8. The molecule has 0 aliphatic carbocycles. The van der Waals surface area contributed by atoms with Crippen LogP contribution in [0.2, 0.25) is 0 Å². The lowest BCUT2D eigenvalue weighted by molar-refractivity contribution is -0.154. The predicted molar refractivity (Wildman–Crippen MR) is 78.6 cm³/mol. The van der Waals surface area contributed by atoms with Crippen molar-refractivity contribution < 1.29 is 42.4 Å². The minimum atomic E-state index is -4.78. The number of amides is 2. The van der Waals surface area contributed by atoms with E-state index in [2.05, 4.69) is 0 Å². The van der Waals surface area contributed by atoms with Crippen LogP contribution in [0.3, 0.4) is 0 Å². The molecule has 0 aromatic heterocycles. The highest BCUT2D eigenvalue weighted by atomic mass is 32.2. The van der Waals surface area contributed by atoms with E-state index < -0.39 is 51.6 Å². The van der Waals surface area contributed by atoms with Gasteiger partial charge in [0, 0.05) is 6.42 Å². The first-order valence-corrected chi connectivity index (χ1v) is 8.82. The number of rotatable bonds is 10. The van der Waals surface area contributed by atoms with Gasteiger partial charge in [0.15, 0.2) is 5.25 Å². The topological polar surface area (TPSA) is 166 Å². The van der Waals surface area contributed by atoms with E-state index in [4.69, 9.17) is 9.66 Å². The molecule has 24 heavy (non-hydrogen) atoms. The summed E-state index contributed by atoms with van der Waals surface area (Å²) >= 11 is 0. The van der Waals surface area contributed by atoms with Crippen molar-refractivity contribution in [3.05, 3.63) is 0 Å². The van der Waals surface area contributed by atoms with Crippen LogP contribution in [-0.4, -0.2) is 63.1 Å². The summed E-state index contributed by atoms with van der Waals surface area (Å²) in [4.78, 5) is 45.8. The molecule has 0 bridgehead atoms. The summed E-state index contributed by atoms with van der Waals surface area (Å²) in [6.45, 7) is 0. The number of unbranched alkanes of at least 4 members (excludes halogenated alkanes) is 3. The van der Waals surface area contributed by atoms with Crippen LogP contribution in [0, 0.1) is 0 Å². The molecule has 10 nitrogen and oxygen atoms in total. The summed E-state index contributed by atoms with van der Waals surface area (Å²) in [5.74, 6) is -4.57. The molecular weight excluding hydrogens is 346 g/mol. The number of hydrogen-bond acceptors (Lipinski definition) is 6. The molecule has 1 saturated heterocycles. The number of carbonyl (C=O) groups excluding carboxylic acids is 2. The highest BCUT2D eigenvalue weighted by molar-refractivity contribution is 7.87. The van der Waals surface area contributed by atoms with Crippen LogP contribution in [0.1, 0.15) is 44.9 Å². The van der Waals surface area contributed by atoms with Gasteiger partial charge in [-0.1, -0.05) is 19.3 Å². The molecule has 136 valence electrons. The molecule has 1 aliphatic heterocycles. The van der Waals surface area contributed by atoms with Crippen LogP contribution < -0.4 is 0 Å². The van der Waals surface area contributed by atoms with Gasteiger partial charge in [0.1, 0.15) is 6.04 Å². The lowest BCUT2D eigenvalue weighted by Gasteiger charge is -2.22. The molecule has 1 fully saturated rings. The average Bonchev–Trinajstić information content (AvgIpc) is 2.73. The molecule has 1 rings (SSSR count). The normalized spacial score (nSPS) is 19.5. The Balaban J connectivity index is 2.65. The molecule has 0 spiro atoms. The Kier molecular flexibility index (Phi) is 6.84. The van der Waals surface area contributed by atoms with Crippen LogP contribution in [-0.2, 0) is 29.3 Å². The zero-order valence-corrected chi connectivity index (χ0v) is 13.6. The number of carbonyl (C=O) groups is 4. The van der Waals surface area contributed by atoms with Crippen LogP contribution in [0.15, 0.2) is 0 Å². The molecule has 3 N–H and O–H groups in total. The van der Waals surface area contributed by atoms with Gasteiger partial charge < -0.3 is 10.2 Å². The van der Waals surface area contributed by atoms with Gasteiger partial charge in [-0.25, -0.2) is 4.79 Å². The summed E-state index contributed by atoms with van der Waals surface area (Å²) in [5.41, 5.74) is 0. The van der Waals surface area contributed by atoms with Gasteiger partial charge in [0.25, 0.3) is 16.0 Å². The summed E-state index contributed by atoms with van der Waals surface area (Å²) in [7, 11) is -4.78. The number of imide groups is 1. The molecule has 2 atom stereocenters. The van der Waals surface area contributed by atoms with E-state index in [1.807, 2.05) is 0 Å². The van der Waals surface area contributed by atoms with Gasteiger partial charge in [-0.3, -0.25) is 23.8 Å². The monoisotopic (exact) mass is 365 g/mol. The van der Waals surface area contributed by atoms with Crippen molar-refractivity contribution in [2.75, 3.05) is 0 Å². The molecule has 1 heterocycles. The standard InChI is InChI=1S/C13H19NO9S/c15-10-7-9(24(21,22)23)12(18)14(10)8(13(19)20)5-3-1-2-4-6-11(16)17/h8-9H,1-7H2,(H,16,17)(H,19,20)(H,21,22,23). The van der Waals surface area contributed by atoms with Gasteiger partial charge in [-0.2, -0.15) is 8.42 Å². The van der Waals surface area contributed by atoms with Crippen molar-refractivity contribution in [1.82, 2.24) is 4.90 Å². The SMILES string of the molecule is O=C(O)CCCCCCC(C(=O)O)N1C(=O)CC(S(=O)(=O)O)C1=O. The highest BCUT2D eigenvalue weighted by Crippen LogP contribution is 2.24. The third-order valence-electron chi connectivity index (χ3n) is 3.72. The number of carboxylic acid groups (broad SMARTS) is 2. The Labute approximate surface area is 138 Å². The van der Waals surface area contributed by atoms with Gasteiger partial charge >= 0.3 is 11.9 Å². The van der Waals surface area contributed by atoms with Gasteiger partial charge in [0.05, 0.1) is 6.42 Å². The maximum absolute atomic E-state index is 12.0. The molecule has 0 saturated carbocycles. The first-order valence-electron chi connectivity index (χ1n) is 7.32. The van der Waals surface area contributed by atoms with Crippen LogP contribution in [0.25, 0.3) is 0 Å². The fourth-order valence-electron chi connectivity index (χ4n) is 2.51. The van der Waals surface area contributed by atoms with Crippen molar-refractivity contribution >= 4 is 33.9 Å². The molecule has 0 aromatic rings. The number of carboxylic acids is 2. The van der Waals surface area contributed by atoms with Crippen molar-refractivity contribution in [1.29, 1.82) is 0 Å². The van der Waals surface area contributed by atoms with E-state index in [0.717, 1.165) is 0 Å². The first kappa shape index (κ1) is 20.0. The van der Waals surface area contributed by atoms with Crippen LogP contribution in [0.5, 0.6) is 0 Å². The molecule has 1 aliphatic rings. The maximum atomic E-state index is 12.0. The van der Waals surface area contributed by atoms with E-state index >= 15 is 0 Å². The molecule has 0 radical (unpaired) electrons. The lowest BCUT2D eigenvalue weighted by atomic mass is 10.1. The van der Waals surface area contributed by atoms with Gasteiger partial charge in [-0.05, 0) is 12.8 Å². The number of hydrogen-bond donors (Lipinski definition) is 3. The van der Waals surface area contributed by atoms with Crippen molar-refractivity contribution in [2.24, 2.45) is 0 Å². The Morgan fingerprint density at radius 3 is 2.17 bits per heavy atom. The largest absolute Gasteiger partial charge is 0.481 e. The summed E-state index contributed by atoms with van der Waals surface area (Å²) in [5, 5.41) is 15.7. The number of nitrogens with zero attached hydrogens (tertiary/aromatic N) is 1. The number of aliphatic carboxylic acids is 2. The van der Waals surface area contributed by atoms with Crippen molar-refractivity contribution in [3.8, 4) is 0 Å². The van der Waals surface area contributed by atoms with Crippen LogP contribution >= 0.6 is 0 Å². The number of likely N-dealkylation sites (tertiary alicyclic amines) is 1. The molecule has 11 heteroatoms. The minimum Gasteiger partial charge on any atom is -0.481 e.